The lowest BCUT2D eigenvalue weighted by Crippen LogP contribution is -2.34. The smallest absolute Gasteiger partial charge is 0.433 e. The first kappa shape index (κ1) is 27.8. The predicted octanol–water partition coefficient (Wildman–Crippen LogP) is 6.74. The third-order valence-electron chi connectivity index (χ3n) is 7.60. The molecule has 2 heterocycles. The molecule has 1 aliphatic carbocycles. The third kappa shape index (κ3) is 5.86. The van der Waals surface area contributed by atoms with Gasteiger partial charge in [-0.05, 0) is 67.5 Å². The van der Waals surface area contributed by atoms with E-state index in [1.165, 1.54) is 4.90 Å². The Hall–Kier alpha value is -3.79. The van der Waals surface area contributed by atoms with E-state index >= 15 is 0 Å². The molecule has 7 nitrogen and oxygen atoms in total. The van der Waals surface area contributed by atoms with E-state index in [0.29, 0.717) is 11.4 Å². The number of fused-ring (bicyclic) bond motifs is 1. The molecule has 4 aromatic rings. The highest BCUT2D eigenvalue weighted by atomic mass is 35.5. The van der Waals surface area contributed by atoms with E-state index in [1.54, 1.807) is 24.3 Å². The zero-order valence-electron chi connectivity index (χ0n) is 21.5. The maximum Gasteiger partial charge on any atom is 0.433 e. The van der Waals surface area contributed by atoms with Gasteiger partial charge in [0.25, 0.3) is 5.91 Å². The van der Waals surface area contributed by atoms with Crippen LogP contribution in [0, 0.1) is 5.92 Å². The number of carboxylic acids is 1. The van der Waals surface area contributed by atoms with Gasteiger partial charge in [0.15, 0.2) is 5.69 Å². The lowest BCUT2D eigenvalue weighted by Gasteiger charge is -2.28. The highest BCUT2D eigenvalue weighted by molar-refractivity contribution is 6.30. The second-order valence-corrected chi connectivity index (χ2v) is 10.6. The number of carbonyl (C=O) groups excluding carboxylic acids is 1. The van der Waals surface area contributed by atoms with Gasteiger partial charge in [-0.3, -0.25) is 14.3 Å². The van der Waals surface area contributed by atoms with Crippen LogP contribution in [-0.2, 0) is 23.9 Å². The van der Waals surface area contributed by atoms with Crippen LogP contribution in [0.4, 0.5) is 13.2 Å². The quantitative estimate of drug-likeness (QED) is 0.245. The van der Waals surface area contributed by atoms with Crippen molar-refractivity contribution in [2.45, 2.75) is 50.9 Å². The summed E-state index contributed by atoms with van der Waals surface area (Å²) in [5, 5.41) is 14.8. The van der Waals surface area contributed by atoms with Crippen molar-refractivity contribution >= 4 is 34.4 Å². The third-order valence-corrected chi connectivity index (χ3v) is 7.85. The van der Waals surface area contributed by atoms with Crippen LogP contribution >= 0.6 is 11.6 Å². The minimum Gasteiger partial charge on any atom is -0.481 e. The van der Waals surface area contributed by atoms with Gasteiger partial charge in [0.1, 0.15) is 0 Å². The zero-order valence-corrected chi connectivity index (χ0v) is 22.3. The van der Waals surface area contributed by atoms with Crippen LogP contribution in [0.1, 0.15) is 58.9 Å². The molecule has 0 unspecified atom stereocenters. The van der Waals surface area contributed by atoms with Crippen molar-refractivity contribution in [3.05, 3.63) is 88.3 Å². The maximum absolute atomic E-state index is 14.4. The molecular weight excluding hydrogens is 545 g/mol. The summed E-state index contributed by atoms with van der Waals surface area (Å²) < 4.78 is 44.2. The number of alkyl halides is 3. The average Bonchev–Trinajstić information content (AvgIpc) is 3.60. The largest absolute Gasteiger partial charge is 0.481 e. The van der Waals surface area contributed by atoms with E-state index in [0.717, 1.165) is 32.9 Å². The molecule has 0 atom stereocenters. The molecule has 5 rings (SSSR count). The number of hydrogen-bond donors (Lipinski definition) is 2. The molecule has 2 aromatic carbocycles. The molecule has 0 aliphatic heterocycles. The summed E-state index contributed by atoms with van der Waals surface area (Å²) in [6.45, 7) is 0.267. The van der Waals surface area contributed by atoms with Crippen LogP contribution in [0.15, 0.2) is 60.9 Å². The number of benzene rings is 2. The number of hydrogen-bond acceptors (Lipinski definition) is 3. The SMILES string of the molecule is O=C(c1cnn([C@H]2CC[C@H](C(=O)O)CC2)c1C(F)(F)F)N(CCc1cccc2[nH]ccc12)Cc1ccc(Cl)cc1. The first-order valence-electron chi connectivity index (χ1n) is 13.1. The van der Waals surface area contributed by atoms with Crippen LogP contribution in [0.2, 0.25) is 5.02 Å². The molecule has 0 bridgehead atoms. The molecule has 1 aliphatic rings. The minimum absolute atomic E-state index is 0.0886. The van der Waals surface area contributed by atoms with Crippen LogP contribution in [0.3, 0.4) is 0 Å². The first-order valence-corrected chi connectivity index (χ1v) is 13.5. The number of carbonyl (C=O) groups is 2. The number of halogens is 4. The normalized spacial score (nSPS) is 17.7. The predicted molar refractivity (Wildman–Crippen MR) is 144 cm³/mol. The molecule has 0 spiro atoms. The van der Waals surface area contributed by atoms with Crippen molar-refractivity contribution in [3.8, 4) is 0 Å². The fourth-order valence-corrected chi connectivity index (χ4v) is 5.63. The minimum atomic E-state index is -4.83. The molecule has 2 N–H and O–H groups in total. The van der Waals surface area contributed by atoms with Crippen molar-refractivity contribution in [2.24, 2.45) is 5.92 Å². The summed E-state index contributed by atoms with van der Waals surface area (Å²) in [6, 6.07) is 13.9. The molecule has 1 amide bonds. The molecular formula is C29H28ClF3N4O3. The van der Waals surface area contributed by atoms with Crippen LogP contribution in [0.5, 0.6) is 0 Å². The molecule has 40 heavy (non-hydrogen) atoms. The number of aliphatic carboxylic acids is 1. The van der Waals surface area contributed by atoms with Gasteiger partial charge in [-0.15, -0.1) is 0 Å². The van der Waals surface area contributed by atoms with Crippen LogP contribution in [-0.4, -0.2) is 43.2 Å². The lowest BCUT2D eigenvalue weighted by molar-refractivity contribution is -0.147. The van der Waals surface area contributed by atoms with Gasteiger partial charge in [0.05, 0.1) is 23.7 Å². The van der Waals surface area contributed by atoms with E-state index < -0.39 is 41.3 Å². The monoisotopic (exact) mass is 572 g/mol. The number of carboxylic acid groups (broad SMARTS) is 1. The van der Waals surface area contributed by atoms with Gasteiger partial charge in [-0.1, -0.05) is 35.9 Å². The number of nitrogens with zero attached hydrogens (tertiary/aromatic N) is 3. The Labute approximate surface area is 233 Å². The molecule has 1 saturated carbocycles. The number of aromatic nitrogens is 3. The van der Waals surface area contributed by atoms with Crippen LogP contribution < -0.4 is 0 Å². The topological polar surface area (TPSA) is 91.2 Å². The van der Waals surface area contributed by atoms with Crippen molar-refractivity contribution < 1.29 is 27.9 Å². The number of amides is 1. The highest BCUT2D eigenvalue weighted by Crippen LogP contribution is 2.39. The molecule has 1 fully saturated rings. The summed E-state index contributed by atoms with van der Waals surface area (Å²) in [7, 11) is 0. The second kappa shape index (κ2) is 11.4. The number of H-pyrrole nitrogens is 1. The summed E-state index contributed by atoms with van der Waals surface area (Å²) in [5.74, 6) is -2.30. The van der Waals surface area contributed by atoms with Gasteiger partial charge in [-0.2, -0.15) is 18.3 Å². The van der Waals surface area contributed by atoms with Gasteiger partial charge >= 0.3 is 12.1 Å². The van der Waals surface area contributed by atoms with E-state index in [-0.39, 0.29) is 38.8 Å². The number of nitrogens with one attached hydrogen (secondary N) is 1. The van der Waals surface area contributed by atoms with Crippen molar-refractivity contribution in [2.75, 3.05) is 6.54 Å². The highest BCUT2D eigenvalue weighted by Gasteiger charge is 2.43. The van der Waals surface area contributed by atoms with Crippen LogP contribution in [0.25, 0.3) is 10.9 Å². The van der Waals surface area contributed by atoms with Gasteiger partial charge < -0.3 is 15.0 Å². The summed E-state index contributed by atoms with van der Waals surface area (Å²) in [6.07, 6.45) is -0.581. The van der Waals surface area contributed by atoms with E-state index in [2.05, 4.69) is 10.1 Å². The van der Waals surface area contributed by atoms with Crippen molar-refractivity contribution in [1.29, 1.82) is 0 Å². The second-order valence-electron chi connectivity index (χ2n) is 10.2. The Morgan fingerprint density at radius 2 is 1.80 bits per heavy atom. The van der Waals surface area contributed by atoms with E-state index in [4.69, 9.17) is 11.6 Å². The molecule has 0 radical (unpaired) electrons. The Kier molecular flexibility index (Phi) is 7.89. The summed E-state index contributed by atoms with van der Waals surface area (Å²) in [4.78, 5) is 29.7. The molecule has 2 aromatic heterocycles. The fraction of sp³-hybridized carbons (Fsp3) is 0.345. The summed E-state index contributed by atoms with van der Waals surface area (Å²) in [5.41, 5.74) is 1.03. The summed E-state index contributed by atoms with van der Waals surface area (Å²) >= 11 is 6.01. The van der Waals surface area contributed by atoms with Gasteiger partial charge in [0, 0.05) is 35.2 Å². The number of aromatic amines is 1. The van der Waals surface area contributed by atoms with Gasteiger partial charge in [-0.25, -0.2) is 0 Å². The fourth-order valence-electron chi connectivity index (χ4n) is 5.50. The standard InChI is InChI=1S/C29H28ClF3N4O3/c30-21-8-4-18(5-9-21)17-36(15-13-19-2-1-3-25-23(19)12-14-34-25)27(38)24-16-35-37(26(24)29(31,32)33)22-10-6-20(7-11-22)28(39)40/h1-5,8-9,12,14,16,20,22,34H,6-7,10-11,13,15,17H2,(H,39,40)/t20-,22-. The van der Waals surface area contributed by atoms with Crippen molar-refractivity contribution in [3.63, 3.8) is 0 Å². The Bertz CT molecular complexity index is 1500. The van der Waals surface area contributed by atoms with E-state index in [1.807, 2.05) is 30.5 Å². The van der Waals surface area contributed by atoms with Gasteiger partial charge in [0.2, 0.25) is 0 Å². The Morgan fingerprint density at radius 3 is 2.48 bits per heavy atom. The Balaban J connectivity index is 1.45. The molecule has 11 heteroatoms. The Morgan fingerprint density at radius 1 is 1.07 bits per heavy atom. The molecule has 210 valence electrons. The molecule has 0 saturated heterocycles. The maximum atomic E-state index is 14.4. The zero-order chi connectivity index (χ0) is 28.4. The number of rotatable bonds is 8. The average molecular weight is 573 g/mol. The lowest BCUT2D eigenvalue weighted by atomic mass is 9.86. The van der Waals surface area contributed by atoms with E-state index in [9.17, 15) is 27.9 Å². The first-order chi connectivity index (χ1) is 19.1. The van der Waals surface area contributed by atoms with Crippen molar-refractivity contribution in [1.82, 2.24) is 19.7 Å².